The van der Waals surface area contributed by atoms with Crippen LogP contribution in [0.3, 0.4) is 0 Å². The summed E-state index contributed by atoms with van der Waals surface area (Å²) < 4.78 is 11.1. The first-order valence-electron chi connectivity index (χ1n) is 6.47. The van der Waals surface area contributed by atoms with Crippen molar-refractivity contribution in [1.82, 2.24) is 0 Å². The maximum atomic E-state index is 6.11. The quantitative estimate of drug-likeness (QED) is 0.851. The van der Waals surface area contributed by atoms with Crippen molar-refractivity contribution in [3.63, 3.8) is 0 Å². The number of fused-ring (bicyclic) bond motifs is 1. The summed E-state index contributed by atoms with van der Waals surface area (Å²) in [6, 6.07) is 6.64. The van der Waals surface area contributed by atoms with Crippen LogP contribution in [0, 0.1) is 5.92 Å². The van der Waals surface area contributed by atoms with E-state index in [0.29, 0.717) is 25.2 Å². The third-order valence-electron chi connectivity index (χ3n) is 3.82. The highest BCUT2D eigenvalue weighted by molar-refractivity contribution is 5.44. The lowest BCUT2D eigenvalue weighted by Crippen LogP contribution is -2.25. The molecule has 2 aliphatic rings. The van der Waals surface area contributed by atoms with Crippen LogP contribution in [0.2, 0.25) is 0 Å². The Morgan fingerprint density at radius 3 is 2.71 bits per heavy atom. The van der Waals surface area contributed by atoms with Crippen LogP contribution in [-0.2, 0) is 6.42 Å². The fraction of sp³-hybridized carbons (Fsp3) is 0.571. The van der Waals surface area contributed by atoms with E-state index in [1.165, 1.54) is 24.8 Å². The van der Waals surface area contributed by atoms with E-state index in [9.17, 15) is 0 Å². The number of hydrogen-bond donors (Lipinski definition) is 1. The Bertz CT molecular complexity index is 405. The summed E-state index contributed by atoms with van der Waals surface area (Å²) in [4.78, 5) is 0. The van der Waals surface area contributed by atoms with E-state index in [4.69, 9.17) is 15.2 Å². The molecule has 0 bridgehead atoms. The van der Waals surface area contributed by atoms with Crippen LogP contribution in [0.15, 0.2) is 18.2 Å². The molecule has 1 aliphatic heterocycles. The number of nitrogens with two attached hydrogens (primary N) is 1. The van der Waals surface area contributed by atoms with E-state index in [2.05, 4.69) is 12.1 Å². The van der Waals surface area contributed by atoms with Gasteiger partial charge in [0, 0.05) is 6.04 Å². The molecule has 0 radical (unpaired) electrons. The van der Waals surface area contributed by atoms with Gasteiger partial charge in [0.1, 0.15) is 13.2 Å². The number of ether oxygens (including phenoxy) is 2. The van der Waals surface area contributed by atoms with E-state index in [1.807, 2.05) is 6.07 Å². The fourth-order valence-corrected chi connectivity index (χ4v) is 2.84. The largest absolute Gasteiger partial charge is 0.486 e. The Hall–Kier alpha value is -1.22. The van der Waals surface area contributed by atoms with Crippen LogP contribution in [0.25, 0.3) is 0 Å². The predicted octanol–water partition coefficient (Wildman–Crippen LogP) is 2.13. The topological polar surface area (TPSA) is 44.5 Å². The molecule has 3 heteroatoms. The van der Waals surface area contributed by atoms with Crippen LogP contribution >= 0.6 is 0 Å². The van der Waals surface area contributed by atoms with Crippen LogP contribution in [0.1, 0.15) is 24.8 Å². The first kappa shape index (κ1) is 10.9. The molecule has 2 unspecified atom stereocenters. The van der Waals surface area contributed by atoms with Gasteiger partial charge in [0.15, 0.2) is 11.5 Å². The lowest BCUT2D eigenvalue weighted by atomic mass is 9.95. The first-order valence-corrected chi connectivity index (χ1v) is 6.47. The highest BCUT2D eigenvalue weighted by Gasteiger charge is 2.24. The second-order valence-corrected chi connectivity index (χ2v) is 5.04. The van der Waals surface area contributed by atoms with E-state index in [-0.39, 0.29) is 0 Å². The van der Waals surface area contributed by atoms with Gasteiger partial charge in [0.2, 0.25) is 0 Å². The number of benzene rings is 1. The van der Waals surface area contributed by atoms with Gasteiger partial charge in [-0.1, -0.05) is 12.5 Å². The minimum atomic E-state index is 0.378. The Morgan fingerprint density at radius 2 is 1.94 bits per heavy atom. The molecule has 1 fully saturated rings. The minimum absolute atomic E-state index is 0.378. The molecule has 1 aromatic carbocycles. The molecule has 3 rings (SSSR count). The van der Waals surface area contributed by atoms with Crippen molar-refractivity contribution in [3.8, 4) is 11.5 Å². The predicted molar refractivity (Wildman–Crippen MR) is 66.5 cm³/mol. The zero-order chi connectivity index (χ0) is 11.7. The monoisotopic (exact) mass is 233 g/mol. The summed E-state index contributed by atoms with van der Waals surface area (Å²) in [5.41, 5.74) is 7.42. The van der Waals surface area contributed by atoms with Gasteiger partial charge in [-0.3, -0.25) is 0 Å². The second kappa shape index (κ2) is 4.57. The SMILES string of the molecule is NC1CCCC1Cc1ccc2c(c1)OCCO2. The van der Waals surface area contributed by atoms with Gasteiger partial charge in [0.05, 0.1) is 0 Å². The van der Waals surface area contributed by atoms with Gasteiger partial charge in [-0.15, -0.1) is 0 Å². The number of rotatable bonds is 2. The van der Waals surface area contributed by atoms with E-state index in [1.54, 1.807) is 0 Å². The lowest BCUT2D eigenvalue weighted by molar-refractivity contribution is 0.171. The average molecular weight is 233 g/mol. The van der Waals surface area contributed by atoms with Crippen molar-refractivity contribution in [3.05, 3.63) is 23.8 Å². The van der Waals surface area contributed by atoms with Crippen LogP contribution in [0.4, 0.5) is 0 Å². The van der Waals surface area contributed by atoms with Crippen LogP contribution < -0.4 is 15.2 Å². The second-order valence-electron chi connectivity index (χ2n) is 5.04. The van der Waals surface area contributed by atoms with Gasteiger partial charge in [0.25, 0.3) is 0 Å². The first-order chi connectivity index (χ1) is 8.33. The van der Waals surface area contributed by atoms with E-state index in [0.717, 1.165) is 17.9 Å². The summed E-state index contributed by atoms with van der Waals surface area (Å²) in [6.07, 6.45) is 4.78. The Balaban J connectivity index is 1.75. The van der Waals surface area contributed by atoms with Crippen molar-refractivity contribution in [1.29, 1.82) is 0 Å². The normalized spacial score (nSPS) is 27.1. The molecule has 0 aromatic heterocycles. The van der Waals surface area contributed by atoms with Gasteiger partial charge in [-0.25, -0.2) is 0 Å². The standard InChI is InChI=1S/C14H19NO2/c15-12-3-1-2-11(12)8-10-4-5-13-14(9-10)17-7-6-16-13/h4-5,9,11-12H,1-3,6-8,15H2. The van der Waals surface area contributed by atoms with Gasteiger partial charge >= 0.3 is 0 Å². The summed E-state index contributed by atoms with van der Waals surface area (Å²) in [7, 11) is 0. The zero-order valence-electron chi connectivity index (χ0n) is 10.0. The van der Waals surface area contributed by atoms with Crippen LogP contribution in [0.5, 0.6) is 11.5 Å². The Labute approximate surface area is 102 Å². The Morgan fingerprint density at radius 1 is 1.12 bits per heavy atom. The molecule has 0 spiro atoms. The smallest absolute Gasteiger partial charge is 0.161 e. The molecular weight excluding hydrogens is 214 g/mol. The third-order valence-corrected chi connectivity index (χ3v) is 3.82. The highest BCUT2D eigenvalue weighted by atomic mass is 16.6. The maximum Gasteiger partial charge on any atom is 0.161 e. The fourth-order valence-electron chi connectivity index (χ4n) is 2.84. The van der Waals surface area contributed by atoms with Gasteiger partial charge in [-0.05, 0) is 42.9 Å². The summed E-state index contributed by atoms with van der Waals surface area (Å²) >= 11 is 0. The molecule has 1 aliphatic carbocycles. The summed E-state index contributed by atoms with van der Waals surface area (Å²) in [6.45, 7) is 1.30. The molecule has 2 N–H and O–H groups in total. The van der Waals surface area contributed by atoms with Crippen molar-refractivity contribution < 1.29 is 9.47 Å². The van der Waals surface area contributed by atoms with Gasteiger partial charge in [-0.2, -0.15) is 0 Å². The number of hydrogen-bond acceptors (Lipinski definition) is 3. The summed E-state index contributed by atoms with van der Waals surface area (Å²) in [5.74, 6) is 2.40. The zero-order valence-corrected chi connectivity index (χ0v) is 10.0. The molecule has 0 amide bonds. The van der Waals surface area contributed by atoms with Crippen molar-refractivity contribution in [2.45, 2.75) is 31.7 Å². The van der Waals surface area contributed by atoms with E-state index >= 15 is 0 Å². The van der Waals surface area contributed by atoms with Gasteiger partial charge < -0.3 is 15.2 Å². The molecule has 1 heterocycles. The molecule has 92 valence electrons. The molecule has 1 aromatic rings. The summed E-state index contributed by atoms with van der Waals surface area (Å²) in [5, 5.41) is 0. The molecule has 1 saturated carbocycles. The molecule has 2 atom stereocenters. The maximum absolute atomic E-state index is 6.11. The molecule has 17 heavy (non-hydrogen) atoms. The molecule has 0 saturated heterocycles. The lowest BCUT2D eigenvalue weighted by Gasteiger charge is -2.20. The van der Waals surface area contributed by atoms with Crippen molar-refractivity contribution >= 4 is 0 Å². The molecule has 3 nitrogen and oxygen atoms in total. The molecular formula is C14H19NO2. The van der Waals surface area contributed by atoms with Crippen LogP contribution in [-0.4, -0.2) is 19.3 Å². The van der Waals surface area contributed by atoms with Crippen molar-refractivity contribution in [2.75, 3.05) is 13.2 Å². The van der Waals surface area contributed by atoms with Crippen molar-refractivity contribution in [2.24, 2.45) is 11.7 Å². The highest BCUT2D eigenvalue weighted by Crippen LogP contribution is 2.33. The minimum Gasteiger partial charge on any atom is -0.486 e. The van der Waals surface area contributed by atoms with E-state index < -0.39 is 0 Å². The Kier molecular flexibility index (Phi) is 2.93. The average Bonchev–Trinajstić information content (AvgIpc) is 2.75. The third kappa shape index (κ3) is 2.25.